The van der Waals surface area contributed by atoms with Crippen LogP contribution >= 0.6 is 0 Å². The number of carbonyl (C=O) groups excluding carboxylic acids is 2. The summed E-state index contributed by atoms with van der Waals surface area (Å²) in [7, 11) is 0. The normalized spacial score (nSPS) is 27.0. The Bertz CT molecular complexity index is 693. The molecule has 2 atom stereocenters. The summed E-state index contributed by atoms with van der Waals surface area (Å²) < 4.78 is 6.15. The molecule has 28 heavy (non-hydrogen) atoms. The first-order valence-electron chi connectivity index (χ1n) is 10.9. The Hall–Kier alpha value is -2.04. The summed E-state index contributed by atoms with van der Waals surface area (Å²) in [6, 6.07) is 9.35. The molecule has 0 radical (unpaired) electrons. The maximum Gasteiger partial charge on any atom is 0.245 e. The van der Waals surface area contributed by atoms with Crippen LogP contribution in [0.3, 0.4) is 0 Å². The van der Waals surface area contributed by atoms with Gasteiger partial charge < -0.3 is 14.5 Å². The molecule has 5 nitrogen and oxygen atoms in total. The minimum absolute atomic E-state index is 0.115. The average Bonchev–Trinajstić information content (AvgIpc) is 3.38. The smallest absolute Gasteiger partial charge is 0.245 e. The molecule has 0 aromatic heterocycles. The van der Waals surface area contributed by atoms with Crippen molar-refractivity contribution in [3.05, 3.63) is 30.3 Å². The molecule has 1 aliphatic carbocycles. The Balaban J connectivity index is 1.53. The fourth-order valence-corrected chi connectivity index (χ4v) is 5.07. The van der Waals surface area contributed by atoms with Crippen LogP contribution in [0.15, 0.2) is 30.3 Å². The van der Waals surface area contributed by atoms with Gasteiger partial charge in [0, 0.05) is 24.9 Å². The van der Waals surface area contributed by atoms with E-state index < -0.39 is 0 Å². The van der Waals surface area contributed by atoms with E-state index in [9.17, 15) is 9.59 Å². The van der Waals surface area contributed by atoms with Gasteiger partial charge in [-0.25, -0.2) is 0 Å². The molecule has 1 saturated carbocycles. The van der Waals surface area contributed by atoms with Crippen LogP contribution < -0.4 is 4.74 Å². The van der Waals surface area contributed by atoms with Gasteiger partial charge in [0.1, 0.15) is 17.9 Å². The van der Waals surface area contributed by atoms with Crippen molar-refractivity contribution in [2.24, 2.45) is 5.41 Å². The van der Waals surface area contributed by atoms with Crippen molar-refractivity contribution in [3.63, 3.8) is 0 Å². The van der Waals surface area contributed by atoms with E-state index in [0.29, 0.717) is 13.0 Å². The number of benzene rings is 1. The molecule has 1 aromatic rings. The summed E-state index contributed by atoms with van der Waals surface area (Å²) in [5.74, 6) is 1.08. The quantitative estimate of drug-likeness (QED) is 0.797. The van der Waals surface area contributed by atoms with Gasteiger partial charge in [-0.1, -0.05) is 44.4 Å². The van der Waals surface area contributed by atoms with Crippen molar-refractivity contribution in [1.82, 2.24) is 9.80 Å². The summed E-state index contributed by atoms with van der Waals surface area (Å²) in [6.07, 6.45) is 7.85. The summed E-state index contributed by atoms with van der Waals surface area (Å²) in [6.45, 7) is 4.24. The lowest BCUT2D eigenvalue weighted by Gasteiger charge is -2.38. The number of hydrogen-bond acceptors (Lipinski definition) is 3. The van der Waals surface area contributed by atoms with Gasteiger partial charge >= 0.3 is 0 Å². The third-order valence-electron chi connectivity index (χ3n) is 6.75. The fourth-order valence-electron chi connectivity index (χ4n) is 5.07. The standard InChI is InChI=1S/C23H32N2O3/c1-23(12-6-3-7-13-23)22(27)25-17-19(28-18-10-4-2-5-11-18)16-20(25)21(26)24-14-8-9-15-24/h2,4-5,10-11,19-20H,3,6-9,12-17H2,1H3/t19-,20-/m0/s1. The van der Waals surface area contributed by atoms with E-state index in [4.69, 9.17) is 4.74 Å². The predicted octanol–water partition coefficient (Wildman–Crippen LogP) is 3.63. The van der Waals surface area contributed by atoms with Crippen LogP contribution in [0.5, 0.6) is 5.75 Å². The highest BCUT2D eigenvalue weighted by Crippen LogP contribution is 2.39. The zero-order valence-corrected chi connectivity index (χ0v) is 16.9. The Morgan fingerprint density at radius 2 is 1.68 bits per heavy atom. The predicted molar refractivity (Wildman–Crippen MR) is 108 cm³/mol. The average molecular weight is 385 g/mol. The number of likely N-dealkylation sites (tertiary alicyclic amines) is 2. The molecule has 2 amide bonds. The summed E-state index contributed by atoms with van der Waals surface area (Å²) >= 11 is 0. The van der Waals surface area contributed by atoms with Crippen molar-refractivity contribution in [3.8, 4) is 5.75 Å². The van der Waals surface area contributed by atoms with Gasteiger partial charge in [-0.05, 0) is 37.8 Å². The van der Waals surface area contributed by atoms with Crippen molar-refractivity contribution < 1.29 is 14.3 Å². The molecule has 3 fully saturated rings. The Kier molecular flexibility index (Phi) is 5.61. The van der Waals surface area contributed by atoms with Gasteiger partial charge in [0.25, 0.3) is 0 Å². The summed E-state index contributed by atoms with van der Waals surface area (Å²) in [4.78, 5) is 30.6. The second-order valence-electron chi connectivity index (χ2n) is 8.92. The molecule has 2 saturated heterocycles. The number of amides is 2. The van der Waals surface area contributed by atoms with E-state index in [1.54, 1.807) is 0 Å². The fraction of sp³-hybridized carbons (Fsp3) is 0.652. The molecular formula is C23H32N2O3. The van der Waals surface area contributed by atoms with Crippen molar-refractivity contribution in [2.45, 2.75) is 70.4 Å². The molecule has 4 rings (SSSR count). The number of ether oxygens (including phenoxy) is 1. The highest BCUT2D eigenvalue weighted by atomic mass is 16.5. The minimum Gasteiger partial charge on any atom is -0.488 e. The molecule has 152 valence electrons. The number of rotatable bonds is 4. The lowest BCUT2D eigenvalue weighted by Crippen LogP contribution is -2.51. The largest absolute Gasteiger partial charge is 0.488 e. The maximum atomic E-state index is 13.5. The van der Waals surface area contributed by atoms with Crippen LogP contribution in [-0.4, -0.2) is 53.4 Å². The van der Waals surface area contributed by atoms with Gasteiger partial charge in [0.2, 0.25) is 11.8 Å². The Morgan fingerprint density at radius 1 is 1.00 bits per heavy atom. The molecule has 0 spiro atoms. The first-order chi connectivity index (χ1) is 13.6. The SMILES string of the molecule is CC1(C(=O)N2C[C@@H](Oc3ccccc3)C[C@H]2C(=O)N2CCCC2)CCCCC1. The molecule has 0 unspecified atom stereocenters. The number of nitrogens with zero attached hydrogens (tertiary/aromatic N) is 2. The third kappa shape index (κ3) is 3.89. The first-order valence-corrected chi connectivity index (χ1v) is 10.9. The zero-order chi connectivity index (χ0) is 19.6. The Morgan fingerprint density at radius 3 is 2.36 bits per heavy atom. The second kappa shape index (κ2) is 8.14. The van der Waals surface area contributed by atoms with Gasteiger partial charge in [0.05, 0.1) is 6.54 Å². The first kappa shape index (κ1) is 19.3. The highest BCUT2D eigenvalue weighted by molar-refractivity contribution is 5.91. The topological polar surface area (TPSA) is 49.9 Å². The lowest BCUT2D eigenvalue weighted by atomic mass is 9.74. The van der Waals surface area contributed by atoms with Gasteiger partial charge in [-0.15, -0.1) is 0 Å². The van der Waals surface area contributed by atoms with Crippen molar-refractivity contribution in [1.29, 1.82) is 0 Å². The van der Waals surface area contributed by atoms with E-state index in [2.05, 4.69) is 6.92 Å². The molecule has 0 N–H and O–H groups in total. The van der Waals surface area contributed by atoms with Crippen molar-refractivity contribution >= 4 is 11.8 Å². The lowest BCUT2D eigenvalue weighted by molar-refractivity contribution is -0.150. The molecule has 2 aliphatic heterocycles. The van der Waals surface area contributed by atoms with Crippen LogP contribution in [0.2, 0.25) is 0 Å². The van der Waals surface area contributed by atoms with E-state index in [1.165, 1.54) is 6.42 Å². The molecular weight excluding hydrogens is 352 g/mol. The minimum atomic E-state index is -0.377. The number of para-hydroxylation sites is 1. The van der Waals surface area contributed by atoms with E-state index in [-0.39, 0.29) is 29.4 Å². The van der Waals surface area contributed by atoms with Gasteiger partial charge in [-0.3, -0.25) is 9.59 Å². The van der Waals surface area contributed by atoms with Crippen LogP contribution in [0, 0.1) is 5.41 Å². The van der Waals surface area contributed by atoms with Crippen LogP contribution in [-0.2, 0) is 9.59 Å². The molecule has 0 bridgehead atoms. The summed E-state index contributed by atoms with van der Waals surface area (Å²) in [5.41, 5.74) is -0.330. The third-order valence-corrected chi connectivity index (χ3v) is 6.75. The second-order valence-corrected chi connectivity index (χ2v) is 8.92. The molecule has 1 aromatic carbocycles. The zero-order valence-electron chi connectivity index (χ0n) is 16.9. The molecule has 3 aliphatic rings. The molecule has 5 heteroatoms. The van der Waals surface area contributed by atoms with Crippen molar-refractivity contribution in [2.75, 3.05) is 19.6 Å². The van der Waals surface area contributed by atoms with E-state index in [0.717, 1.165) is 57.4 Å². The van der Waals surface area contributed by atoms with Crippen LogP contribution in [0.1, 0.15) is 58.3 Å². The molecule has 2 heterocycles. The number of hydrogen-bond donors (Lipinski definition) is 0. The van der Waals surface area contributed by atoms with Crippen LogP contribution in [0.25, 0.3) is 0 Å². The van der Waals surface area contributed by atoms with E-state index >= 15 is 0 Å². The summed E-state index contributed by atoms with van der Waals surface area (Å²) in [5, 5.41) is 0. The maximum absolute atomic E-state index is 13.5. The van der Waals surface area contributed by atoms with E-state index in [1.807, 2.05) is 40.1 Å². The van der Waals surface area contributed by atoms with Gasteiger partial charge in [0.15, 0.2) is 0 Å². The highest BCUT2D eigenvalue weighted by Gasteiger charge is 2.47. The Labute approximate surface area is 168 Å². The van der Waals surface area contributed by atoms with Gasteiger partial charge in [-0.2, -0.15) is 0 Å². The number of carbonyl (C=O) groups is 2. The van der Waals surface area contributed by atoms with Crippen LogP contribution in [0.4, 0.5) is 0 Å². The monoisotopic (exact) mass is 384 g/mol.